The largest absolute Gasteiger partial charge is 0.480 e. The molecule has 114 valence electrons. The minimum Gasteiger partial charge on any atom is -0.480 e. The lowest BCUT2D eigenvalue weighted by Crippen LogP contribution is -2.43. The molecule has 0 radical (unpaired) electrons. The van der Waals surface area contributed by atoms with E-state index in [1.807, 2.05) is 20.8 Å². The maximum Gasteiger partial charge on any atom is 0.321 e. The molecular formula is C12H25NO5S. The van der Waals surface area contributed by atoms with E-state index in [9.17, 15) is 13.2 Å². The fourth-order valence-electron chi connectivity index (χ4n) is 1.68. The summed E-state index contributed by atoms with van der Waals surface area (Å²) in [7, 11) is -3.61. The van der Waals surface area contributed by atoms with Crippen LogP contribution in [0.1, 0.15) is 34.1 Å². The Morgan fingerprint density at radius 3 is 2.32 bits per heavy atom. The molecule has 0 saturated carbocycles. The predicted molar refractivity (Wildman–Crippen MR) is 73.5 cm³/mol. The molecule has 0 amide bonds. The Morgan fingerprint density at radius 2 is 1.89 bits per heavy atom. The molecule has 6 nitrogen and oxygen atoms in total. The zero-order valence-corrected chi connectivity index (χ0v) is 12.9. The first-order valence-electron chi connectivity index (χ1n) is 6.48. The third-order valence-corrected chi connectivity index (χ3v) is 4.09. The van der Waals surface area contributed by atoms with Gasteiger partial charge in [-0.05, 0) is 25.2 Å². The zero-order chi connectivity index (χ0) is 15.1. The summed E-state index contributed by atoms with van der Waals surface area (Å²) in [6, 6.07) is -1.07. The van der Waals surface area contributed by atoms with Gasteiger partial charge in [0.2, 0.25) is 10.0 Å². The van der Waals surface area contributed by atoms with Gasteiger partial charge >= 0.3 is 5.97 Å². The van der Waals surface area contributed by atoms with Gasteiger partial charge in [-0.3, -0.25) is 4.79 Å². The molecule has 0 aromatic rings. The monoisotopic (exact) mass is 295 g/mol. The molecule has 7 heteroatoms. The van der Waals surface area contributed by atoms with Crippen molar-refractivity contribution in [1.29, 1.82) is 0 Å². The van der Waals surface area contributed by atoms with Gasteiger partial charge in [0.25, 0.3) is 0 Å². The van der Waals surface area contributed by atoms with Crippen molar-refractivity contribution in [2.45, 2.75) is 40.2 Å². The summed E-state index contributed by atoms with van der Waals surface area (Å²) in [5.41, 5.74) is 0. The first-order chi connectivity index (χ1) is 8.68. The summed E-state index contributed by atoms with van der Waals surface area (Å²) in [5, 5.41) is 9.01. The molecule has 0 fully saturated rings. The number of aliphatic carboxylic acids is 1. The second kappa shape index (κ2) is 8.50. The molecule has 0 bridgehead atoms. The molecule has 0 aliphatic rings. The van der Waals surface area contributed by atoms with Crippen LogP contribution in [-0.2, 0) is 19.6 Å². The van der Waals surface area contributed by atoms with Gasteiger partial charge in [0.1, 0.15) is 6.04 Å². The van der Waals surface area contributed by atoms with Gasteiger partial charge in [0.15, 0.2) is 0 Å². The molecule has 0 aliphatic heterocycles. The van der Waals surface area contributed by atoms with E-state index < -0.39 is 22.0 Å². The lowest BCUT2D eigenvalue weighted by Gasteiger charge is -2.18. The van der Waals surface area contributed by atoms with Crippen LogP contribution < -0.4 is 4.72 Å². The summed E-state index contributed by atoms with van der Waals surface area (Å²) < 4.78 is 31.1. The topological polar surface area (TPSA) is 92.7 Å². The van der Waals surface area contributed by atoms with Crippen LogP contribution in [0.4, 0.5) is 0 Å². The van der Waals surface area contributed by atoms with Crippen LogP contribution in [0.3, 0.4) is 0 Å². The second-order valence-electron chi connectivity index (χ2n) is 5.18. The quantitative estimate of drug-likeness (QED) is 0.629. The van der Waals surface area contributed by atoms with E-state index in [1.165, 1.54) is 0 Å². The normalized spacial score (nSPS) is 15.4. The van der Waals surface area contributed by atoms with Gasteiger partial charge in [0.05, 0.1) is 12.4 Å². The Kier molecular flexibility index (Phi) is 8.20. The highest BCUT2D eigenvalue weighted by Gasteiger charge is 2.26. The van der Waals surface area contributed by atoms with E-state index in [0.29, 0.717) is 13.2 Å². The van der Waals surface area contributed by atoms with Crippen LogP contribution >= 0.6 is 0 Å². The van der Waals surface area contributed by atoms with Crippen LogP contribution in [0.5, 0.6) is 0 Å². The van der Waals surface area contributed by atoms with Crippen LogP contribution in [0, 0.1) is 11.8 Å². The highest BCUT2D eigenvalue weighted by molar-refractivity contribution is 7.89. The summed E-state index contributed by atoms with van der Waals surface area (Å²) in [5.74, 6) is -1.35. The minimum atomic E-state index is -3.61. The lowest BCUT2D eigenvalue weighted by molar-refractivity contribution is -0.139. The van der Waals surface area contributed by atoms with E-state index in [2.05, 4.69) is 4.72 Å². The van der Waals surface area contributed by atoms with Crippen molar-refractivity contribution in [1.82, 2.24) is 4.72 Å². The van der Waals surface area contributed by atoms with Crippen molar-refractivity contribution in [3.63, 3.8) is 0 Å². The maximum absolute atomic E-state index is 11.9. The van der Waals surface area contributed by atoms with Crippen LogP contribution in [0.15, 0.2) is 0 Å². The second-order valence-corrected chi connectivity index (χ2v) is 6.98. The number of hydrogen-bond donors (Lipinski definition) is 2. The van der Waals surface area contributed by atoms with Crippen molar-refractivity contribution >= 4 is 16.0 Å². The molecule has 0 aliphatic carbocycles. The number of carboxylic acids is 1. The average molecular weight is 295 g/mol. The van der Waals surface area contributed by atoms with E-state index in [1.54, 1.807) is 6.92 Å². The molecule has 0 saturated heterocycles. The van der Waals surface area contributed by atoms with E-state index in [-0.39, 0.29) is 24.0 Å². The van der Waals surface area contributed by atoms with Gasteiger partial charge in [-0.2, -0.15) is 0 Å². The number of nitrogens with one attached hydrogen (secondary N) is 1. The molecule has 2 atom stereocenters. The van der Waals surface area contributed by atoms with Gasteiger partial charge < -0.3 is 9.84 Å². The van der Waals surface area contributed by atoms with Gasteiger partial charge in [-0.15, -0.1) is 0 Å². The van der Waals surface area contributed by atoms with Crippen molar-refractivity contribution < 1.29 is 23.1 Å². The van der Waals surface area contributed by atoms with E-state index >= 15 is 0 Å². The van der Waals surface area contributed by atoms with E-state index in [0.717, 1.165) is 0 Å². The summed E-state index contributed by atoms with van der Waals surface area (Å²) in [6.07, 6.45) is 0.272. The third kappa shape index (κ3) is 8.96. The number of ether oxygens (including phenoxy) is 1. The Morgan fingerprint density at radius 1 is 1.32 bits per heavy atom. The first kappa shape index (κ1) is 18.3. The molecule has 0 heterocycles. The molecule has 2 N–H and O–H groups in total. The number of hydrogen-bond acceptors (Lipinski definition) is 4. The summed E-state index contributed by atoms with van der Waals surface area (Å²) >= 11 is 0. The lowest BCUT2D eigenvalue weighted by atomic mass is 10.1. The number of carboxylic acid groups (broad SMARTS) is 1. The Labute approximate surface area is 115 Å². The van der Waals surface area contributed by atoms with Crippen LogP contribution in [0.25, 0.3) is 0 Å². The smallest absolute Gasteiger partial charge is 0.321 e. The first-order valence-corrected chi connectivity index (χ1v) is 8.13. The maximum atomic E-state index is 11.9. The van der Waals surface area contributed by atoms with Crippen molar-refractivity contribution in [3.05, 3.63) is 0 Å². The molecule has 0 aromatic heterocycles. The molecule has 19 heavy (non-hydrogen) atoms. The Hall–Kier alpha value is -0.660. The minimum absolute atomic E-state index is 0.102. The summed E-state index contributed by atoms with van der Waals surface area (Å²) in [4.78, 5) is 11.0. The fourth-order valence-corrected chi connectivity index (χ4v) is 3.25. The number of carbonyl (C=O) groups is 1. The number of sulfonamides is 1. The molecule has 1 unspecified atom stereocenters. The molecule has 0 aromatic carbocycles. The molecular weight excluding hydrogens is 270 g/mol. The predicted octanol–water partition coefficient (Wildman–Crippen LogP) is 1.08. The Bertz CT molecular complexity index is 366. The standard InChI is InChI=1S/C12H25NO5S/c1-5-18-7-10(4)8-19(16,17)13-11(12(14)15)6-9(2)3/h9-11,13H,5-8H2,1-4H3,(H,14,15)/t10?,11-/m0/s1. The summed E-state index contributed by atoms with van der Waals surface area (Å²) in [6.45, 7) is 8.17. The van der Waals surface area contributed by atoms with Crippen LogP contribution in [-0.4, -0.2) is 44.5 Å². The zero-order valence-electron chi connectivity index (χ0n) is 12.0. The molecule has 0 rings (SSSR count). The third-order valence-electron chi connectivity index (χ3n) is 2.44. The average Bonchev–Trinajstić information content (AvgIpc) is 2.23. The fraction of sp³-hybridized carbons (Fsp3) is 0.917. The van der Waals surface area contributed by atoms with Gasteiger partial charge in [-0.25, -0.2) is 13.1 Å². The highest BCUT2D eigenvalue weighted by atomic mass is 32.2. The van der Waals surface area contributed by atoms with Gasteiger partial charge in [-0.1, -0.05) is 20.8 Å². The van der Waals surface area contributed by atoms with Crippen LogP contribution in [0.2, 0.25) is 0 Å². The van der Waals surface area contributed by atoms with Crippen molar-refractivity contribution in [2.75, 3.05) is 19.0 Å². The highest BCUT2D eigenvalue weighted by Crippen LogP contribution is 2.08. The SMILES string of the molecule is CCOCC(C)CS(=O)(=O)N[C@@H](CC(C)C)C(=O)O. The van der Waals surface area contributed by atoms with E-state index in [4.69, 9.17) is 9.84 Å². The Balaban J connectivity index is 4.50. The number of rotatable bonds is 10. The molecule has 0 spiro atoms. The van der Waals surface area contributed by atoms with Gasteiger partial charge in [0, 0.05) is 6.61 Å². The van der Waals surface area contributed by atoms with Crippen molar-refractivity contribution in [3.8, 4) is 0 Å². The van der Waals surface area contributed by atoms with Crippen molar-refractivity contribution in [2.24, 2.45) is 11.8 Å².